The highest BCUT2D eigenvalue weighted by atomic mass is 35.5. The van der Waals surface area contributed by atoms with Gasteiger partial charge >= 0.3 is 0 Å². The summed E-state index contributed by atoms with van der Waals surface area (Å²) in [6.07, 6.45) is 4.55. The number of hydrogen-bond donors (Lipinski definition) is 2. The molecule has 6 heteroatoms. The van der Waals surface area contributed by atoms with Crippen molar-refractivity contribution in [3.63, 3.8) is 0 Å². The lowest BCUT2D eigenvalue weighted by Crippen LogP contribution is -2.38. The van der Waals surface area contributed by atoms with E-state index in [0.717, 1.165) is 24.5 Å². The molecular formula is C16H19ClN4O. The van der Waals surface area contributed by atoms with Crippen LogP contribution in [0.3, 0.4) is 0 Å². The predicted molar refractivity (Wildman–Crippen MR) is 86.3 cm³/mol. The normalized spacial score (nSPS) is 21.5. The fourth-order valence-electron chi connectivity index (χ4n) is 3.13. The van der Waals surface area contributed by atoms with E-state index in [1.54, 1.807) is 13.2 Å². The Kier molecular flexibility index (Phi) is 4.45. The van der Waals surface area contributed by atoms with Gasteiger partial charge in [0, 0.05) is 36.9 Å². The fourth-order valence-corrected chi connectivity index (χ4v) is 3.33. The van der Waals surface area contributed by atoms with Crippen LogP contribution in [0.5, 0.6) is 0 Å². The van der Waals surface area contributed by atoms with Crippen LogP contribution in [0.15, 0.2) is 36.7 Å². The number of carbonyl (C=O) groups excluding carboxylic acids is 1. The molecule has 2 heterocycles. The van der Waals surface area contributed by atoms with E-state index in [1.165, 1.54) is 5.56 Å². The molecule has 1 aliphatic rings. The van der Waals surface area contributed by atoms with Crippen molar-refractivity contribution in [2.75, 3.05) is 20.1 Å². The Morgan fingerprint density at radius 3 is 3.14 bits per heavy atom. The van der Waals surface area contributed by atoms with Crippen LogP contribution in [-0.2, 0) is 0 Å². The molecule has 1 saturated heterocycles. The first-order valence-electron chi connectivity index (χ1n) is 7.42. The van der Waals surface area contributed by atoms with Gasteiger partial charge in [0.05, 0.1) is 6.04 Å². The number of nitrogens with zero attached hydrogens (tertiary/aromatic N) is 2. The Morgan fingerprint density at radius 2 is 2.36 bits per heavy atom. The molecule has 3 rings (SSSR count). The van der Waals surface area contributed by atoms with E-state index in [1.807, 2.05) is 29.0 Å². The Hall–Kier alpha value is -1.85. The van der Waals surface area contributed by atoms with E-state index in [9.17, 15) is 4.79 Å². The number of aromatic nitrogens is 2. The van der Waals surface area contributed by atoms with Crippen LogP contribution < -0.4 is 10.6 Å². The van der Waals surface area contributed by atoms with Crippen LogP contribution in [0.1, 0.15) is 34.6 Å². The first kappa shape index (κ1) is 15.1. The number of halogens is 1. The third-order valence-electron chi connectivity index (χ3n) is 4.18. The standard InChI is InChI=1S/C16H19ClN4O/c1-18-16(22)15-20-7-8-21(15)14-10-19-6-5-13(14)11-3-2-4-12(17)9-11/h2-4,7-9,13-14,19H,5-6,10H2,1H3,(H,18,22)/t13-,14+/m0/s1. The zero-order chi connectivity index (χ0) is 15.5. The van der Waals surface area contributed by atoms with Crippen LogP contribution >= 0.6 is 11.6 Å². The van der Waals surface area contributed by atoms with Gasteiger partial charge in [0.2, 0.25) is 0 Å². The van der Waals surface area contributed by atoms with Crippen molar-refractivity contribution in [2.24, 2.45) is 0 Å². The van der Waals surface area contributed by atoms with Gasteiger partial charge in [-0.2, -0.15) is 0 Å². The molecule has 0 unspecified atom stereocenters. The first-order chi connectivity index (χ1) is 10.7. The van der Waals surface area contributed by atoms with E-state index >= 15 is 0 Å². The molecule has 2 N–H and O–H groups in total. The van der Waals surface area contributed by atoms with Crippen LogP contribution in [0.4, 0.5) is 0 Å². The molecule has 1 aromatic heterocycles. The van der Waals surface area contributed by atoms with Crippen molar-refractivity contribution in [1.82, 2.24) is 20.2 Å². The number of amides is 1. The summed E-state index contributed by atoms with van der Waals surface area (Å²) in [6.45, 7) is 1.76. The van der Waals surface area contributed by atoms with Gasteiger partial charge in [-0.1, -0.05) is 23.7 Å². The number of piperidine rings is 1. The number of benzene rings is 1. The number of nitrogens with one attached hydrogen (secondary N) is 2. The second-order valence-electron chi connectivity index (χ2n) is 5.46. The van der Waals surface area contributed by atoms with Crippen molar-refractivity contribution in [3.8, 4) is 0 Å². The van der Waals surface area contributed by atoms with Crippen molar-refractivity contribution in [3.05, 3.63) is 53.1 Å². The maximum absolute atomic E-state index is 12.0. The molecule has 1 amide bonds. The third-order valence-corrected chi connectivity index (χ3v) is 4.42. The van der Waals surface area contributed by atoms with Gasteiger partial charge in [-0.3, -0.25) is 4.79 Å². The Labute approximate surface area is 134 Å². The summed E-state index contributed by atoms with van der Waals surface area (Å²) in [5.74, 6) is 0.584. The van der Waals surface area contributed by atoms with Crippen molar-refractivity contribution < 1.29 is 4.79 Å². The minimum Gasteiger partial charge on any atom is -0.352 e. The van der Waals surface area contributed by atoms with Crippen LogP contribution in [0.25, 0.3) is 0 Å². The molecule has 5 nitrogen and oxygen atoms in total. The maximum Gasteiger partial charge on any atom is 0.287 e. The molecule has 2 atom stereocenters. The molecule has 22 heavy (non-hydrogen) atoms. The van der Waals surface area contributed by atoms with E-state index in [-0.39, 0.29) is 11.9 Å². The first-order valence-corrected chi connectivity index (χ1v) is 7.79. The Bertz CT molecular complexity index is 670. The van der Waals surface area contributed by atoms with Gasteiger partial charge < -0.3 is 15.2 Å². The number of carbonyl (C=O) groups is 1. The number of rotatable bonds is 3. The summed E-state index contributed by atoms with van der Waals surface area (Å²) in [5, 5.41) is 6.80. The highest BCUT2D eigenvalue weighted by molar-refractivity contribution is 6.30. The second-order valence-corrected chi connectivity index (χ2v) is 5.90. The number of hydrogen-bond acceptors (Lipinski definition) is 3. The van der Waals surface area contributed by atoms with Crippen molar-refractivity contribution in [2.45, 2.75) is 18.4 Å². The van der Waals surface area contributed by atoms with Gasteiger partial charge in [0.1, 0.15) is 0 Å². The number of imidazole rings is 1. The van der Waals surface area contributed by atoms with E-state index in [4.69, 9.17) is 11.6 Å². The fraction of sp³-hybridized carbons (Fsp3) is 0.375. The largest absolute Gasteiger partial charge is 0.352 e. The molecule has 0 bridgehead atoms. The lowest BCUT2D eigenvalue weighted by atomic mass is 9.86. The lowest BCUT2D eigenvalue weighted by molar-refractivity contribution is 0.0944. The predicted octanol–water partition coefficient (Wildman–Crippen LogP) is 2.21. The van der Waals surface area contributed by atoms with Gasteiger partial charge in [-0.15, -0.1) is 0 Å². The molecule has 1 aromatic carbocycles. The summed E-state index contributed by atoms with van der Waals surface area (Å²) in [7, 11) is 1.62. The molecule has 0 aliphatic carbocycles. The Morgan fingerprint density at radius 1 is 1.50 bits per heavy atom. The van der Waals surface area contributed by atoms with Gasteiger partial charge in [0.25, 0.3) is 5.91 Å². The molecule has 116 valence electrons. The minimum atomic E-state index is -0.166. The van der Waals surface area contributed by atoms with Crippen LogP contribution in [-0.4, -0.2) is 35.6 Å². The monoisotopic (exact) mass is 318 g/mol. The molecule has 0 spiro atoms. The van der Waals surface area contributed by atoms with E-state index in [2.05, 4.69) is 21.7 Å². The molecule has 1 fully saturated rings. The molecule has 0 saturated carbocycles. The second kappa shape index (κ2) is 6.50. The topological polar surface area (TPSA) is 59.0 Å². The van der Waals surface area contributed by atoms with E-state index < -0.39 is 0 Å². The van der Waals surface area contributed by atoms with Crippen molar-refractivity contribution in [1.29, 1.82) is 0 Å². The van der Waals surface area contributed by atoms with Gasteiger partial charge in [0.15, 0.2) is 5.82 Å². The molecular weight excluding hydrogens is 300 g/mol. The SMILES string of the molecule is CNC(=O)c1nccn1[C@@H]1CNCC[C@H]1c1cccc(Cl)c1. The molecule has 2 aromatic rings. The lowest BCUT2D eigenvalue weighted by Gasteiger charge is -2.34. The van der Waals surface area contributed by atoms with E-state index in [0.29, 0.717) is 11.7 Å². The molecule has 1 aliphatic heterocycles. The highest BCUT2D eigenvalue weighted by Crippen LogP contribution is 2.35. The average Bonchev–Trinajstić information content (AvgIpc) is 3.03. The maximum atomic E-state index is 12.0. The zero-order valence-electron chi connectivity index (χ0n) is 12.4. The zero-order valence-corrected chi connectivity index (χ0v) is 13.2. The average molecular weight is 319 g/mol. The smallest absolute Gasteiger partial charge is 0.287 e. The quantitative estimate of drug-likeness (QED) is 0.912. The van der Waals surface area contributed by atoms with Crippen molar-refractivity contribution >= 4 is 17.5 Å². The third kappa shape index (κ3) is 2.87. The molecule has 0 radical (unpaired) electrons. The highest BCUT2D eigenvalue weighted by Gasteiger charge is 2.30. The summed E-state index contributed by atoms with van der Waals surface area (Å²) in [6, 6.07) is 8.12. The van der Waals surface area contributed by atoms with Crippen LogP contribution in [0.2, 0.25) is 5.02 Å². The summed E-state index contributed by atoms with van der Waals surface area (Å²) in [5.41, 5.74) is 1.20. The summed E-state index contributed by atoms with van der Waals surface area (Å²) < 4.78 is 1.97. The minimum absolute atomic E-state index is 0.141. The summed E-state index contributed by atoms with van der Waals surface area (Å²) >= 11 is 6.14. The Balaban J connectivity index is 1.97. The summed E-state index contributed by atoms with van der Waals surface area (Å²) in [4.78, 5) is 16.2. The van der Waals surface area contributed by atoms with Gasteiger partial charge in [-0.05, 0) is 30.7 Å². The van der Waals surface area contributed by atoms with Crippen LogP contribution in [0, 0.1) is 0 Å². The van der Waals surface area contributed by atoms with Gasteiger partial charge in [-0.25, -0.2) is 4.98 Å².